The summed E-state index contributed by atoms with van der Waals surface area (Å²) in [4.78, 5) is 11.7. The number of fused-ring (bicyclic) bond motifs is 2. The van der Waals surface area contributed by atoms with Crippen LogP contribution in [0.15, 0.2) is 42.2 Å². The molecule has 0 amide bonds. The van der Waals surface area contributed by atoms with Gasteiger partial charge in [-0.1, -0.05) is 24.3 Å². The molecule has 2 aliphatic heterocycles. The molecule has 4 rings (SSSR count). The van der Waals surface area contributed by atoms with Crippen molar-refractivity contribution in [2.45, 2.75) is 19.3 Å². The third kappa shape index (κ3) is 2.27. The van der Waals surface area contributed by atoms with Crippen molar-refractivity contribution in [1.29, 1.82) is 0 Å². The summed E-state index contributed by atoms with van der Waals surface area (Å²) >= 11 is 0. The number of nitrogens with one attached hydrogen (secondary N) is 1. The van der Waals surface area contributed by atoms with Gasteiger partial charge >= 0.3 is 5.97 Å². The van der Waals surface area contributed by atoms with Crippen LogP contribution >= 0.6 is 0 Å². The van der Waals surface area contributed by atoms with E-state index in [-0.39, 0.29) is 0 Å². The summed E-state index contributed by atoms with van der Waals surface area (Å²) in [5.41, 5.74) is 5.49. The Hall–Kier alpha value is -2.75. The largest absolute Gasteiger partial charge is 0.478 e. The van der Waals surface area contributed by atoms with Crippen LogP contribution in [0, 0.1) is 0 Å². The second-order valence-corrected chi connectivity index (χ2v) is 5.93. The van der Waals surface area contributed by atoms with Gasteiger partial charge in [-0.2, -0.15) is 0 Å². The topological polar surface area (TPSA) is 54.3 Å². The van der Waals surface area contributed by atoms with E-state index >= 15 is 0 Å². The molecule has 4 heteroatoms. The molecule has 0 spiro atoms. The monoisotopic (exact) mass is 306 g/mol. The number of carboxylic acid groups (broad SMARTS) is 1. The van der Waals surface area contributed by atoms with Crippen LogP contribution in [-0.2, 0) is 0 Å². The number of carbonyl (C=O) groups is 1. The third-order valence-corrected chi connectivity index (χ3v) is 4.52. The lowest BCUT2D eigenvalue weighted by Crippen LogP contribution is -2.22. The van der Waals surface area contributed by atoms with Crippen molar-refractivity contribution >= 4 is 23.8 Å². The van der Waals surface area contributed by atoms with Gasteiger partial charge < -0.3 is 15.0 Å². The first kappa shape index (κ1) is 13.9. The molecule has 0 saturated carbocycles. The Kier molecular flexibility index (Phi) is 3.30. The molecule has 0 unspecified atom stereocenters. The van der Waals surface area contributed by atoms with E-state index in [1.807, 2.05) is 35.2 Å². The first-order valence-corrected chi connectivity index (χ1v) is 7.95. The maximum absolute atomic E-state index is 11.7. The standard InChI is InChI=1S/C19H18N2O2/c22-19(23)15-9-12-21-11-8-13-5-1-2-6-14(13)17(18(15)21)16-7-3-4-10-20-16/h1-2,5-6,8-9,11-12,20H,3-4,7,10H2,(H,22,23). The average molecular weight is 306 g/mol. The fraction of sp³-hybridized carbons (Fsp3) is 0.211. The molecule has 1 fully saturated rings. The molecule has 23 heavy (non-hydrogen) atoms. The highest BCUT2D eigenvalue weighted by Gasteiger charge is 2.25. The maximum atomic E-state index is 11.7. The first-order chi connectivity index (χ1) is 11.3. The van der Waals surface area contributed by atoms with Gasteiger partial charge in [0.2, 0.25) is 0 Å². The van der Waals surface area contributed by atoms with Crippen molar-refractivity contribution < 1.29 is 9.90 Å². The molecule has 2 aliphatic rings. The van der Waals surface area contributed by atoms with E-state index in [2.05, 4.69) is 17.4 Å². The summed E-state index contributed by atoms with van der Waals surface area (Å²) in [6.45, 7) is 0.942. The van der Waals surface area contributed by atoms with Crippen LogP contribution in [0.2, 0.25) is 0 Å². The SMILES string of the molecule is O=C(O)c1ccn2c1C(=C1CCCCN1)c1ccccc1C=C2. The molecule has 2 aromatic rings. The molecule has 2 N–H and O–H groups in total. The highest BCUT2D eigenvalue weighted by Crippen LogP contribution is 2.36. The molecule has 3 heterocycles. The minimum atomic E-state index is -0.888. The second-order valence-electron chi connectivity index (χ2n) is 5.93. The van der Waals surface area contributed by atoms with Gasteiger partial charge in [-0.3, -0.25) is 0 Å². The number of nitrogens with zero attached hydrogens (tertiary/aromatic N) is 1. The first-order valence-electron chi connectivity index (χ1n) is 7.95. The zero-order valence-corrected chi connectivity index (χ0v) is 12.7. The molecule has 0 bridgehead atoms. The van der Waals surface area contributed by atoms with E-state index in [0.29, 0.717) is 5.56 Å². The number of hydrogen-bond donors (Lipinski definition) is 2. The summed E-state index contributed by atoms with van der Waals surface area (Å²) in [5.74, 6) is -0.888. The van der Waals surface area contributed by atoms with E-state index in [1.165, 1.54) is 0 Å². The predicted octanol–water partition coefficient (Wildman–Crippen LogP) is 3.66. The molecule has 1 aromatic carbocycles. The van der Waals surface area contributed by atoms with Crippen LogP contribution in [0.5, 0.6) is 0 Å². The fourth-order valence-electron chi connectivity index (χ4n) is 3.44. The minimum Gasteiger partial charge on any atom is -0.478 e. The van der Waals surface area contributed by atoms with E-state index in [9.17, 15) is 9.90 Å². The van der Waals surface area contributed by atoms with Gasteiger partial charge in [-0.05, 0) is 42.5 Å². The molecule has 0 atom stereocenters. The van der Waals surface area contributed by atoms with Crippen molar-refractivity contribution in [2.24, 2.45) is 0 Å². The molecule has 0 radical (unpaired) electrons. The van der Waals surface area contributed by atoms with Gasteiger partial charge in [-0.15, -0.1) is 0 Å². The number of piperidine rings is 1. The van der Waals surface area contributed by atoms with Gasteiger partial charge in [-0.25, -0.2) is 4.79 Å². The highest BCUT2D eigenvalue weighted by molar-refractivity contribution is 5.99. The number of aromatic carboxylic acids is 1. The maximum Gasteiger partial charge on any atom is 0.337 e. The van der Waals surface area contributed by atoms with Gasteiger partial charge in [0.25, 0.3) is 0 Å². The Morgan fingerprint density at radius 1 is 1.17 bits per heavy atom. The lowest BCUT2D eigenvalue weighted by molar-refractivity contribution is 0.0696. The molecular formula is C19H18N2O2. The van der Waals surface area contributed by atoms with E-state index in [1.54, 1.807) is 6.07 Å². The zero-order valence-electron chi connectivity index (χ0n) is 12.7. The number of benzene rings is 1. The van der Waals surface area contributed by atoms with Crippen molar-refractivity contribution in [3.05, 3.63) is 64.6 Å². The fourth-order valence-corrected chi connectivity index (χ4v) is 3.44. The van der Waals surface area contributed by atoms with Crippen molar-refractivity contribution in [2.75, 3.05) is 6.54 Å². The molecule has 1 aromatic heterocycles. The second kappa shape index (κ2) is 5.47. The minimum absolute atomic E-state index is 0.348. The Bertz CT molecular complexity index is 835. The van der Waals surface area contributed by atoms with Crippen LogP contribution in [-0.4, -0.2) is 22.2 Å². The van der Waals surface area contributed by atoms with E-state index in [4.69, 9.17) is 0 Å². The Morgan fingerprint density at radius 3 is 2.83 bits per heavy atom. The molecule has 1 saturated heterocycles. The molecule has 0 aliphatic carbocycles. The number of rotatable bonds is 1. The number of aromatic nitrogens is 1. The van der Waals surface area contributed by atoms with Crippen molar-refractivity contribution in [3.8, 4) is 0 Å². The Balaban J connectivity index is 2.04. The summed E-state index contributed by atoms with van der Waals surface area (Å²) < 4.78 is 1.92. The van der Waals surface area contributed by atoms with Gasteiger partial charge in [0.05, 0.1) is 11.3 Å². The summed E-state index contributed by atoms with van der Waals surface area (Å²) in [7, 11) is 0. The van der Waals surface area contributed by atoms with Crippen LogP contribution in [0.4, 0.5) is 0 Å². The highest BCUT2D eigenvalue weighted by atomic mass is 16.4. The van der Waals surface area contributed by atoms with Crippen LogP contribution in [0.25, 0.3) is 17.8 Å². The lowest BCUT2D eigenvalue weighted by atomic mass is 9.91. The normalized spacial score (nSPS) is 19.5. The number of carboxylic acids is 1. The Labute approximate surface area is 134 Å². The molecule has 116 valence electrons. The van der Waals surface area contributed by atoms with Crippen LogP contribution in [0.1, 0.15) is 46.4 Å². The van der Waals surface area contributed by atoms with E-state index < -0.39 is 5.97 Å². The lowest BCUT2D eigenvalue weighted by Gasteiger charge is -2.23. The Morgan fingerprint density at radius 2 is 2.04 bits per heavy atom. The van der Waals surface area contributed by atoms with Gasteiger partial charge in [0, 0.05) is 30.2 Å². The molecular weight excluding hydrogens is 288 g/mol. The van der Waals surface area contributed by atoms with Gasteiger partial charge in [0.15, 0.2) is 0 Å². The predicted molar refractivity (Wildman–Crippen MR) is 90.9 cm³/mol. The summed E-state index contributed by atoms with van der Waals surface area (Å²) in [6.07, 6.45) is 9.05. The zero-order chi connectivity index (χ0) is 15.8. The average Bonchev–Trinajstić information content (AvgIpc) is 2.92. The summed E-state index contributed by atoms with van der Waals surface area (Å²) in [5, 5.41) is 13.1. The van der Waals surface area contributed by atoms with Crippen LogP contribution < -0.4 is 5.32 Å². The number of allylic oxidation sites excluding steroid dienone is 1. The quantitative estimate of drug-likeness (QED) is 0.721. The smallest absolute Gasteiger partial charge is 0.337 e. The molecule has 4 nitrogen and oxygen atoms in total. The number of hydrogen-bond acceptors (Lipinski definition) is 2. The van der Waals surface area contributed by atoms with Crippen LogP contribution in [0.3, 0.4) is 0 Å². The van der Waals surface area contributed by atoms with E-state index in [0.717, 1.165) is 53.9 Å². The van der Waals surface area contributed by atoms with Gasteiger partial charge in [0.1, 0.15) is 0 Å². The third-order valence-electron chi connectivity index (χ3n) is 4.52. The van der Waals surface area contributed by atoms with Crippen molar-refractivity contribution in [3.63, 3.8) is 0 Å². The van der Waals surface area contributed by atoms with Crippen molar-refractivity contribution in [1.82, 2.24) is 9.88 Å². The summed E-state index contributed by atoms with van der Waals surface area (Å²) in [6, 6.07) is 9.85.